The second-order valence-electron chi connectivity index (χ2n) is 6.12. The van der Waals surface area contributed by atoms with Crippen LogP contribution in [0.4, 0.5) is 5.69 Å². The second kappa shape index (κ2) is 7.45. The summed E-state index contributed by atoms with van der Waals surface area (Å²) in [5, 5.41) is 0. The van der Waals surface area contributed by atoms with Crippen LogP contribution in [0.3, 0.4) is 0 Å². The molecule has 134 valence electrons. The number of aryl methyl sites for hydroxylation is 1. The molecule has 2 aromatic rings. The minimum Gasteiger partial charge on any atom is -0.490 e. The van der Waals surface area contributed by atoms with Crippen molar-refractivity contribution < 1.29 is 17.9 Å². The fourth-order valence-corrected chi connectivity index (χ4v) is 3.78. The fraction of sp³-hybridized carbons (Fsp3) is 0.368. The Labute approximate surface area is 149 Å². The number of hydrogen-bond donors (Lipinski definition) is 0. The Morgan fingerprint density at radius 2 is 1.92 bits per heavy atom. The first kappa shape index (κ1) is 17.8. The number of para-hydroxylation sites is 1. The molecular formula is C19H23NO4S. The van der Waals surface area contributed by atoms with E-state index in [1.54, 1.807) is 19.2 Å². The standard InChI is InChI=1S/C19H23NO4S/c1-3-15-9-10-16(19(11-15)24-13-18-12-23-18)14-25(21,22)20(2)17-7-5-4-6-8-17/h4-11,18H,3,12-14H2,1-2H3. The third-order valence-electron chi connectivity index (χ3n) is 4.24. The lowest BCUT2D eigenvalue weighted by atomic mass is 10.1. The first-order valence-corrected chi connectivity index (χ1v) is 9.98. The highest BCUT2D eigenvalue weighted by Gasteiger charge is 2.25. The van der Waals surface area contributed by atoms with E-state index in [1.807, 2.05) is 36.4 Å². The van der Waals surface area contributed by atoms with Gasteiger partial charge in [0.15, 0.2) is 0 Å². The Morgan fingerprint density at radius 1 is 1.20 bits per heavy atom. The molecule has 2 aromatic carbocycles. The van der Waals surface area contributed by atoms with Crippen molar-refractivity contribution in [3.8, 4) is 5.75 Å². The Morgan fingerprint density at radius 3 is 2.56 bits per heavy atom. The third-order valence-corrected chi connectivity index (χ3v) is 5.96. The van der Waals surface area contributed by atoms with E-state index in [9.17, 15) is 8.42 Å². The molecule has 0 N–H and O–H groups in total. The largest absolute Gasteiger partial charge is 0.490 e. The summed E-state index contributed by atoms with van der Waals surface area (Å²) in [6, 6.07) is 14.8. The van der Waals surface area contributed by atoms with Gasteiger partial charge in [0.25, 0.3) is 0 Å². The quantitative estimate of drug-likeness (QED) is 0.678. The van der Waals surface area contributed by atoms with Crippen LogP contribution in [0, 0.1) is 0 Å². The zero-order valence-corrected chi connectivity index (χ0v) is 15.3. The molecule has 0 aromatic heterocycles. The average Bonchev–Trinajstić information content (AvgIpc) is 3.45. The molecule has 3 rings (SSSR count). The number of sulfonamides is 1. The maximum Gasteiger partial charge on any atom is 0.239 e. The highest BCUT2D eigenvalue weighted by Crippen LogP contribution is 2.27. The first-order valence-electron chi connectivity index (χ1n) is 8.37. The molecular weight excluding hydrogens is 338 g/mol. The molecule has 0 aliphatic carbocycles. The molecule has 0 spiro atoms. The monoisotopic (exact) mass is 361 g/mol. The van der Waals surface area contributed by atoms with E-state index < -0.39 is 10.0 Å². The summed E-state index contributed by atoms with van der Waals surface area (Å²) in [5.41, 5.74) is 2.42. The number of hydrogen-bond acceptors (Lipinski definition) is 4. The summed E-state index contributed by atoms with van der Waals surface area (Å²) in [5.74, 6) is 0.517. The average molecular weight is 361 g/mol. The number of nitrogens with zero attached hydrogens (tertiary/aromatic N) is 1. The van der Waals surface area contributed by atoms with Gasteiger partial charge in [0.2, 0.25) is 10.0 Å². The van der Waals surface area contributed by atoms with Crippen LogP contribution < -0.4 is 9.04 Å². The molecule has 1 fully saturated rings. The van der Waals surface area contributed by atoms with Gasteiger partial charge in [0.05, 0.1) is 18.0 Å². The molecule has 25 heavy (non-hydrogen) atoms. The van der Waals surface area contributed by atoms with Crippen LogP contribution in [-0.4, -0.2) is 34.8 Å². The second-order valence-corrected chi connectivity index (χ2v) is 8.12. The molecule has 1 heterocycles. The number of ether oxygens (including phenoxy) is 2. The normalized spacial score (nSPS) is 16.5. The van der Waals surface area contributed by atoms with E-state index in [0.717, 1.165) is 12.0 Å². The molecule has 1 atom stereocenters. The van der Waals surface area contributed by atoms with Gasteiger partial charge < -0.3 is 9.47 Å². The van der Waals surface area contributed by atoms with E-state index in [2.05, 4.69) is 6.92 Å². The van der Waals surface area contributed by atoms with E-state index >= 15 is 0 Å². The molecule has 6 heteroatoms. The molecule has 1 aliphatic heterocycles. The molecule has 0 amide bonds. The molecule has 0 saturated carbocycles. The zero-order valence-electron chi connectivity index (χ0n) is 14.5. The Balaban J connectivity index is 1.82. The molecule has 0 bridgehead atoms. The highest BCUT2D eigenvalue weighted by atomic mass is 32.2. The third kappa shape index (κ3) is 4.52. The maximum absolute atomic E-state index is 12.8. The predicted molar refractivity (Wildman–Crippen MR) is 98.5 cm³/mol. The van der Waals surface area contributed by atoms with Crippen molar-refractivity contribution >= 4 is 15.7 Å². The summed E-state index contributed by atoms with van der Waals surface area (Å²) in [6.07, 6.45) is 0.995. The van der Waals surface area contributed by atoms with Crippen molar-refractivity contribution in [3.05, 3.63) is 59.7 Å². The van der Waals surface area contributed by atoms with E-state index in [0.29, 0.717) is 30.2 Å². The van der Waals surface area contributed by atoms with Crippen molar-refractivity contribution in [1.82, 2.24) is 0 Å². The lowest BCUT2D eigenvalue weighted by Gasteiger charge is -2.20. The van der Waals surface area contributed by atoms with E-state index in [4.69, 9.17) is 9.47 Å². The van der Waals surface area contributed by atoms with Gasteiger partial charge in [0, 0.05) is 12.6 Å². The van der Waals surface area contributed by atoms with Gasteiger partial charge in [-0.3, -0.25) is 4.31 Å². The van der Waals surface area contributed by atoms with Crippen LogP contribution in [0.25, 0.3) is 0 Å². The van der Waals surface area contributed by atoms with Gasteiger partial charge in [-0.15, -0.1) is 0 Å². The van der Waals surface area contributed by atoms with Crippen LogP contribution in [0.5, 0.6) is 5.75 Å². The molecule has 1 aliphatic rings. The SMILES string of the molecule is CCc1ccc(CS(=O)(=O)N(C)c2ccccc2)c(OCC2CO2)c1. The number of rotatable bonds is 8. The highest BCUT2D eigenvalue weighted by molar-refractivity contribution is 7.92. The summed E-state index contributed by atoms with van der Waals surface area (Å²) in [6.45, 7) is 3.22. The topological polar surface area (TPSA) is 59.1 Å². The lowest BCUT2D eigenvalue weighted by Crippen LogP contribution is -2.28. The first-order chi connectivity index (χ1) is 12.0. The van der Waals surface area contributed by atoms with E-state index in [-0.39, 0.29) is 11.9 Å². The lowest BCUT2D eigenvalue weighted by molar-refractivity contribution is 0.261. The molecule has 1 saturated heterocycles. The molecule has 5 nitrogen and oxygen atoms in total. The van der Waals surface area contributed by atoms with Crippen LogP contribution in [0.2, 0.25) is 0 Å². The Hall–Kier alpha value is -2.05. The van der Waals surface area contributed by atoms with Gasteiger partial charge in [0.1, 0.15) is 18.5 Å². The van der Waals surface area contributed by atoms with E-state index in [1.165, 1.54) is 4.31 Å². The molecule has 0 radical (unpaired) electrons. The van der Waals surface area contributed by atoms with Gasteiger partial charge in [-0.1, -0.05) is 37.3 Å². The van der Waals surface area contributed by atoms with Crippen molar-refractivity contribution in [2.24, 2.45) is 0 Å². The van der Waals surface area contributed by atoms with Crippen LogP contribution in [0.1, 0.15) is 18.1 Å². The maximum atomic E-state index is 12.8. The minimum absolute atomic E-state index is 0.108. The summed E-state index contributed by atoms with van der Waals surface area (Å²) in [4.78, 5) is 0. The van der Waals surface area contributed by atoms with Crippen LogP contribution in [0.15, 0.2) is 48.5 Å². The fourth-order valence-electron chi connectivity index (χ4n) is 2.51. The van der Waals surface area contributed by atoms with Crippen molar-refractivity contribution in [2.45, 2.75) is 25.2 Å². The van der Waals surface area contributed by atoms with Gasteiger partial charge in [-0.2, -0.15) is 0 Å². The van der Waals surface area contributed by atoms with Crippen molar-refractivity contribution in [1.29, 1.82) is 0 Å². The predicted octanol–water partition coefficient (Wildman–Crippen LogP) is 2.99. The smallest absolute Gasteiger partial charge is 0.239 e. The Bertz CT molecular complexity index is 817. The Kier molecular flexibility index (Phi) is 5.30. The summed E-state index contributed by atoms with van der Waals surface area (Å²) >= 11 is 0. The van der Waals surface area contributed by atoms with Crippen molar-refractivity contribution in [3.63, 3.8) is 0 Å². The van der Waals surface area contributed by atoms with Crippen LogP contribution in [-0.2, 0) is 26.9 Å². The number of benzene rings is 2. The van der Waals surface area contributed by atoms with Gasteiger partial charge in [-0.25, -0.2) is 8.42 Å². The summed E-state index contributed by atoms with van der Waals surface area (Å²) in [7, 11) is -1.94. The molecule has 1 unspecified atom stereocenters. The van der Waals surface area contributed by atoms with Crippen molar-refractivity contribution in [2.75, 3.05) is 24.6 Å². The van der Waals surface area contributed by atoms with Gasteiger partial charge in [-0.05, 0) is 30.2 Å². The number of anilines is 1. The zero-order chi connectivity index (χ0) is 17.9. The number of epoxide rings is 1. The van der Waals surface area contributed by atoms with Crippen LogP contribution >= 0.6 is 0 Å². The van der Waals surface area contributed by atoms with Gasteiger partial charge >= 0.3 is 0 Å². The summed E-state index contributed by atoms with van der Waals surface area (Å²) < 4.78 is 37.9. The minimum atomic E-state index is -3.51.